The van der Waals surface area contributed by atoms with Gasteiger partial charge < -0.3 is 11.1 Å². The minimum absolute atomic E-state index is 0. The third-order valence-electron chi connectivity index (χ3n) is 3.92. The Kier molecular flexibility index (Phi) is 5.56. The molecule has 0 saturated heterocycles. The molecule has 0 unspecified atom stereocenters. The Morgan fingerprint density at radius 1 is 1.29 bits per heavy atom. The smallest absolute Gasteiger partial charge is 0.244 e. The second-order valence-electron chi connectivity index (χ2n) is 5.29. The minimum Gasteiger partial charge on any atom is -0.324 e. The van der Waals surface area contributed by atoms with Crippen molar-refractivity contribution >= 4 is 47.3 Å². The normalized spacial score (nSPS) is 15.3. The average Bonchev–Trinajstić information content (AvgIpc) is 2.39. The molecule has 1 aliphatic rings. The van der Waals surface area contributed by atoms with Crippen molar-refractivity contribution in [3.63, 3.8) is 0 Å². The number of aryl methyl sites for hydroxylation is 1. The maximum Gasteiger partial charge on any atom is 0.244 e. The summed E-state index contributed by atoms with van der Waals surface area (Å²) in [7, 11) is 0. The van der Waals surface area contributed by atoms with Gasteiger partial charge in [0, 0.05) is 11.6 Å². The van der Waals surface area contributed by atoms with E-state index in [2.05, 4.69) is 10.3 Å². The number of hydrogen-bond donors (Lipinski definition) is 2. The van der Waals surface area contributed by atoms with E-state index < -0.39 is 5.54 Å². The predicted molar refractivity (Wildman–Crippen MR) is 90.4 cm³/mol. The predicted octanol–water partition coefficient (Wildman–Crippen LogP) is 3.21. The van der Waals surface area contributed by atoms with Gasteiger partial charge >= 0.3 is 0 Å². The van der Waals surface area contributed by atoms with Crippen LogP contribution >= 0.6 is 24.8 Å². The summed E-state index contributed by atoms with van der Waals surface area (Å²) in [5.74, 6) is -0.0900. The van der Waals surface area contributed by atoms with Crippen molar-refractivity contribution in [2.24, 2.45) is 5.73 Å². The van der Waals surface area contributed by atoms with Crippen molar-refractivity contribution in [3.05, 3.63) is 36.0 Å². The molecule has 1 saturated carbocycles. The molecule has 4 nitrogen and oxygen atoms in total. The highest BCUT2D eigenvalue weighted by Crippen LogP contribution is 2.31. The molecule has 1 fully saturated rings. The second kappa shape index (κ2) is 6.60. The van der Waals surface area contributed by atoms with E-state index in [1.54, 1.807) is 6.20 Å². The van der Waals surface area contributed by atoms with Gasteiger partial charge in [0.25, 0.3) is 0 Å². The maximum absolute atomic E-state index is 12.2. The van der Waals surface area contributed by atoms with E-state index in [0.717, 1.165) is 41.4 Å². The lowest BCUT2D eigenvalue weighted by atomic mass is 9.77. The number of benzene rings is 1. The van der Waals surface area contributed by atoms with E-state index in [1.807, 2.05) is 31.2 Å². The first-order valence-electron chi connectivity index (χ1n) is 6.55. The number of nitrogens with two attached hydrogens (primary N) is 1. The van der Waals surface area contributed by atoms with E-state index in [1.165, 1.54) is 0 Å². The summed E-state index contributed by atoms with van der Waals surface area (Å²) >= 11 is 0. The van der Waals surface area contributed by atoms with E-state index in [-0.39, 0.29) is 30.7 Å². The van der Waals surface area contributed by atoms with Gasteiger partial charge in [-0.15, -0.1) is 24.8 Å². The van der Waals surface area contributed by atoms with Crippen molar-refractivity contribution in [2.75, 3.05) is 5.32 Å². The van der Waals surface area contributed by atoms with Crippen LogP contribution in [0.25, 0.3) is 10.9 Å². The number of carbonyl (C=O) groups excluding carboxylic acids is 1. The molecule has 1 aromatic heterocycles. The molecule has 0 radical (unpaired) electrons. The third-order valence-corrected chi connectivity index (χ3v) is 3.92. The summed E-state index contributed by atoms with van der Waals surface area (Å²) in [4.78, 5) is 16.6. The van der Waals surface area contributed by atoms with Crippen molar-refractivity contribution in [3.8, 4) is 0 Å². The Hall–Kier alpha value is -1.36. The van der Waals surface area contributed by atoms with Crippen LogP contribution in [0.2, 0.25) is 0 Å². The van der Waals surface area contributed by atoms with Gasteiger partial charge in [-0.25, -0.2) is 0 Å². The maximum atomic E-state index is 12.2. The Bertz CT molecular complexity index is 656. The first kappa shape index (κ1) is 17.7. The van der Waals surface area contributed by atoms with Crippen LogP contribution in [-0.4, -0.2) is 16.4 Å². The first-order chi connectivity index (χ1) is 9.10. The molecule has 0 spiro atoms. The number of nitrogens with zero attached hydrogens (tertiary/aromatic N) is 1. The van der Waals surface area contributed by atoms with Crippen molar-refractivity contribution in [2.45, 2.75) is 31.7 Å². The Balaban J connectivity index is 0.00000110. The Morgan fingerprint density at radius 3 is 2.62 bits per heavy atom. The number of aromatic nitrogens is 1. The standard InChI is InChI=1S/C15H17N3O.2ClH/c1-10-5-6-12(11-4-2-9-17-13(10)11)18-14(19)15(16)7-3-8-15;;/h2,4-6,9H,3,7-8,16H2,1H3,(H,18,19);2*1H. The van der Waals surface area contributed by atoms with Crippen LogP contribution in [0.3, 0.4) is 0 Å². The monoisotopic (exact) mass is 327 g/mol. The van der Waals surface area contributed by atoms with Gasteiger partial charge in [0.1, 0.15) is 0 Å². The highest BCUT2D eigenvalue weighted by molar-refractivity contribution is 6.05. The van der Waals surface area contributed by atoms with Gasteiger partial charge in [-0.05, 0) is 49.9 Å². The molecule has 6 heteroatoms. The number of pyridine rings is 1. The molecule has 3 N–H and O–H groups in total. The van der Waals surface area contributed by atoms with E-state index in [9.17, 15) is 4.79 Å². The topological polar surface area (TPSA) is 68.0 Å². The van der Waals surface area contributed by atoms with Crippen molar-refractivity contribution in [1.29, 1.82) is 0 Å². The lowest BCUT2D eigenvalue weighted by molar-refractivity contribution is -0.123. The first-order valence-corrected chi connectivity index (χ1v) is 6.55. The molecule has 1 amide bonds. The van der Waals surface area contributed by atoms with Crippen LogP contribution in [0.1, 0.15) is 24.8 Å². The van der Waals surface area contributed by atoms with Crippen LogP contribution < -0.4 is 11.1 Å². The molecule has 2 aromatic rings. The van der Waals surface area contributed by atoms with Crippen LogP contribution in [0.4, 0.5) is 5.69 Å². The molecular formula is C15H19Cl2N3O. The number of fused-ring (bicyclic) bond motifs is 1. The summed E-state index contributed by atoms with van der Waals surface area (Å²) in [6.45, 7) is 2.01. The quantitative estimate of drug-likeness (QED) is 0.889. The number of hydrogen-bond acceptors (Lipinski definition) is 3. The van der Waals surface area contributed by atoms with E-state index >= 15 is 0 Å². The Morgan fingerprint density at radius 2 is 2.00 bits per heavy atom. The zero-order valence-electron chi connectivity index (χ0n) is 11.8. The van der Waals surface area contributed by atoms with Gasteiger partial charge in [-0.1, -0.05) is 6.07 Å². The molecule has 0 aliphatic heterocycles. The molecule has 114 valence electrons. The van der Waals surface area contributed by atoms with Gasteiger partial charge in [-0.3, -0.25) is 9.78 Å². The summed E-state index contributed by atoms with van der Waals surface area (Å²) < 4.78 is 0. The molecular weight excluding hydrogens is 309 g/mol. The summed E-state index contributed by atoms with van der Waals surface area (Å²) in [5, 5.41) is 3.91. The molecule has 0 atom stereocenters. The number of anilines is 1. The number of halogens is 2. The summed E-state index contributed by atoms with van der Waals surface area (Å²) in [6.07, 6.45) is 4.32. The van der Waals surface area contributed by atoms with Crippen molar-refractivity contribution < 1.29 is 4.79 Å². The van der Waals surface area contributed by atoms with Crippen LogP contribution in [-0.2, 0) is 4.79 Å². The fraction of sp³-hybridized carbons (Fsp3) is 0.333. The van der Waals surface area contributed by atoms with Crippen LogP contribution in [0.15, 0.2) is 30.5 Å². The van der Waals surface area contributed by atoms with E-state index in [0.29, 0.717) is 0 Å². The molecule has 1 aromatic carbocycles. The lowest BCUT2D eigenvalue weighted by Crippen LogP contribution is -2.56. The number of amides is 1. The number of nitrogens with one attached hydrogen (secondary N) is 1. The molecule has 21 heavy (non-hydrogen) atoms. The van der Waals surface area contributed by atoms with Gasteiger partial charge in [0.15, 0.2) is 0 Å². The largest absolute Gasteiger partial charge is 0.324 e. The second-order valence-corrected chi connectivity index (χ2v) is 5.29. The minimum atomic E-state index is -0.681. The number of carbonyl (C=O) groups is 1. The fourth-order valence-electron chi connectivity index (χ4n) is 2.45. The van der Waals surface area contributed by atoms with Crippen LogP contribution in [0.5, 0.6) is 0 Å². The number of rotatable bonds is 2. The zero-order valence-corrected chi connectivity index (χ0v) is 13.4. The van der Waals surface area contributed by atoms with Gasteiger partial charge in [0.05, 0.1) is 16.7 Å². The average molecular weight is 328 g/mol. The fourth-order valence-corrected chi connectivity index (χ4v) is 2.45. The Labute approximate surface area is 136 Å². The molecule has 0 bridgehead atoms. The van der Waals surface area contributed by atoms with E-state index in [4.69, 9.17) is 5.73 Å². The molecule has 1 aliphatic carbocycles. The van der Waals surface area contributed by atoms with Gasteiger partial charge in [0.2, 0.25) is 5.91 Å². The lowest BCUT2D eigenvalue weighted by Gasteiger charge is -2.36. The van der Waals surface area contributed by atoms with Crippen LogP contribution in [0, 0.1) is 6.92 Å². The summed E-state index contributed by atoms with van der Waals surface area (Å²) in [6, 6.07) is 7.72. The summed E-state index contributed by atoms with van der Waals surface area (Å²) in [5.41, 5.74) is 8.16. The third kappa shape index (κ3) is 3.12. The SMILES string of the molecule is Cc1ccc(NC(=O)C2(N)CCC2)c2cccnc12.Cl.Cl. The van der Waals surface area contributed by atoms with Gasteiger partial charge in [-0.2, -0.15) is 0 Å². The zero-order chi connectivity index (χ0) is 13.5. The molecule has 1 heterocycles. The highest BCUT2D eigenvalue weighted by Gasteiger charge is 2.40. The molecule has 3 rings (SSSR count). The highest BCUT2D eigenvalue weighted by atomic mass is 35.5. The van der Waals surface area contributed by atoms with Crippen molar-refractivity contribution in [1.82, 2.24) is 4.98 Å².